The molecule has 0 atom stereocenters. The summed E-state index contributed by atoms with van der Waals surface area (Å²) in [4.78, 5) is 10.5. The van der Waals surface area contributed by atoms with Gasteiger partial charge in [-0.3, -0.25) is 0 Å². The third kappa shape index (κ3) is 3.25. The zero-order valence-corrected chi connectivity index (χ0v) is 9.04. The van der Waals surface area contributed by atoms with E-state index in [1.54, 1.807) is 12.1 Å². The summed E-state index contributed by atoms with van der Waals surface area (Å²) in [7, 11) is -3.48. The molecule has 0 saturated heterocycles. The highest BCUT2D eigenvalue weighted by Crippen LogP contribution is 2.10. The van der Waals surface area contributed by atoms with Crippen molar-refractivity contribution in [2.75, 3.05) is 5.88 Å². The molecule has 1 aromatic rings. The highest BCUT2D eigenvalue weighted by atomic mass is 32.2. The topological polar surface area (TPSA) is 89.3 Å². The number of hydrogen-bond donors (Lipinski definition) is 2. The number of nitrogens with one attached hydrogen (secondary N) is 1. The number of benzene rings is 1. The molecule has 15 heavy (non-hydrogen) atoms. The number of rotatable bonds is 3. The van der Waals surface area contributed by atoms with Crippen molar-refractivity contribution >= 4 is 15.9 Å². The molecule has 3 N–H and O–H groups in total. The molecular formula is C9H12N2O3S. The molecule has 0 spiro atoms. The molecule has 2 amide bonds. The van der Waals surface area contributed by atoms with Gasteiger partial charge in [-0.1, -0.05) is 17.7 Å². The zero-order valence-electron chi connectivity index (χ0n) is 8.23. The first-order valence-corrected chi connectivity index (χ1v) is 5.90. The SMILES string of the molecule is Cc1ccc(S(=O)(=O)CNC(N)=O)cc1. The van der Waals surface area contributed by atoms with Crippen LogP contribution in [-0.2, 0) is 9.84 Å². The number of sulfone groups is 1. The van der Waals surface area contributed by atoms with Gasteiger partial charge in [0.2, 0.25) is 0 Å². The van der Waals surface area contributed by atoms with Crippen LogP contribution in [0.1, 0.15) is 5.56 Å². The first kappa shape index (κ1) is 11.5. The molecule has 5 nitrogen and oxygen atoms in total. The molecule has 0 saturated carbocycles. The number of aryl methyl sites for hydroxylation is 1. The van der Waals surface area contributed by atoms with E-state index in [0.717, 1.165) is 5.56 Å². The van der Waals surface area contributed by atoms with Crippen LogP contribution in [0.5, 0.6) is 0 Å². The highest BCUT2D eigenvalue weighted by molar-refractivity contribution is 7.91. The lowest BCUT2D eigenvalue weighted by molar-refractivity contribution is 0.250. The predicted molar refractivity (Wildman–Crippen MR) is 56.0 cm³/mol. The first-order chi connectivity index (χ1) is 6.92. The largest absolute Gasteiger partial charge is 0.352 e. The number of carbonyl (C=O) groups excluding carboxylic acids is 1. The maximum absolute atomic E-state index is 11.6. The second kappa shape index (κ2) is 4.31. The average molecular weight is 228 g/mol. The molecule has 0 aromatic heterocycles. The van der Waals surface area contributed by atoms with Crippen molar-refractivity contribution < 1.29 is 13.2 Å². The molecule has 0 heterocycles. The maximum Gasteiger partial charge on any atom is 0.313 e. The van der Waals surface area contributed by atoms with Gasteiger partial charge in [-0.25, -0.2) is 13.2 Å². The van der Waals surface area contributed by atoms with Gasteiger partial charge in [0.05, 0.1) is 4.90 Å². The summed E-state index contributed by atoms with van der Waals surface area (Å²) in [5.41, 5.74) is 5.76. The van der Waals surface area contributed by atoms with E-state index in [4.69, 9.17) is 5.73 Å². The van der Waals surface area contributed by atoms with Crippen LogP contribution in [-0.4, -0.2) is 20.3 Å². The Labute approximate surface area is 88.2 Å². The molecule has 0 aliphatic carbocycles. The van der Waals surface area contributed by atoms with Crippen LogP contribution >= 0.6 is 0 Å². The Morgan fingerprint density at radius 3 is 2.33 bits per heavy atom. The summed E-state index contributed by atoms with van der Waals surface area (Å²) in [6, 6.07) is 5.51. The van der Waals surface area contributed by atoms with Gasteiger partial charge >= 0.3 is 6.03 Å². The van der Waals surface area contributed by atoms with Crippen molar-refractivity contribution in [2.45, 2.75) is 11.8 Å². The number of urea groups is 1. The maximum atomic E-state index is 11.6. The fourth-order valence-electron chi connectivity index (χ4n) is 0.995. The van der Waals surface area contributed by atoms with Crippen molar-refractivity contribution in [1.82, 2.24) is 5.32 Å². The molecule has 0 fully saturated rings. The normalized spacial score (nSPS) is 11.0. The smallest absolute Gasteiger partial charge is 0.313 e. The number of primary amides is 1. The Kier molecular flexibility index (Phi) is 3.31. The van der Waals surface area contributed by atoms with Crippen LogP contribution in [0.2, 0.25) is 0 Å². The Balaban J connectivity index is 2.87. The summed E-state index contributed by atoms with van der Waals surface area (Å²) < 4.78 is 23.2. The number of amides is 2. The number of hydrogen-bond acceptors (Lipinski definition) is 3. The molecule has 0 radical (unpaired) electrons. The van der Waals surface area contributed by atoms with Crippen LogP contribution in [0.4, 0.5) is 4.79 Å². The summed E-state index contributed by atoms with van der Waals surface area (Å²) in [6.07, 6.45) is 0. The minimum absolute atomic E-state index is 0.168. The second-order valence-corrected chi connectivity index (χ2v) is 5.10. The summed E-state index contributed by atoms with van der Waals surface area (Å²) in [5.74, 6) is -0.481. The standard InChI is InChI=1S/C9H12N2O3S/c1-7-2-4-8(5-3-7)15(13,14)6-11-9(10)12/h2-5H,6H2,1H3,(H3,10,11,12). The van der Waals surface area contributed by atoms with Crippen LogP contribution in [0.25, 0.3) is 0 Å². The fraction of sp³-hybridized carbons (Fsp3) is 0.222. The number of nitrogens with two attached hydrogens (primary N) is 1. The molecule has 0 unspecified atom stereocenters. The van der Waals surface area contributed by atoms with E-state index < -0.39 is 21.7 Å². The van der Waals surface area contributed by atoms with Crippen LogP contribution < -0.4 is 11.1 Å². The summed E-state index contributed by atoms with van der Waals surface area (Å²) in [6.45, 7) is 1.86. The molecule has 1 rings (SSSR count). The van der Waals surface area contributed by atoms with Gasteiger partial charge in [0.15, 0.2) is 9.84 Å². The van der Waals surface area contributed by atoms with E-state index in [1.807, 2.05) is 12.2 Å². The molecule has 0 bridgehead atoms. The Bertz CT molecular complexity index is 451. The molecule has 0 aliphatic rings. The second-order valence-electron chi connectivity index (χ2n) is 3.11. The van der Waals surface area contributed by atoms with E-state index in [0.29, 0.717) is 0 Å². The van der Waals surface area contributed by atoms with Gasteiger partial charge in [-0.05, 0) is 19.1 Å². The molecule has 0 aliphatic heterocycles. The van der Waals surface area contributed by atoms with Crippen LogP contribution in [0.15, 0.2) is 29.2 Å². The van der Waals surface area contributed by atoms with Crippen molar-refractivity contribution in [2.24, 2.45) is 5.73 Å². The van der Waals surface area contributed by atoms with Gasteiger partial charge in [0.25, 0.3) is 0 Å². The van der Waals surface area contributed by atoms with Gasteiger partial charge in [-0.15, -0.1) is 0 Å². The fourth-order valence-corrected chi connectivity index (χ4v) is 2.04. The molecule has 6 heteroatoms. The van der Waals surface area contributed by atoms with E-state index in [2.05, 4.69) is 0 Å². The Hall–Kier alpha value is -1.56. The van der Waals surface area contributed by atoms with Gasteiger partial charge in [-0.2, -0.15) is 0 Å². The molecular weight excluding hydrogens is 216 g/mol. The number of carbonyl (C=O) groups is 1. The van der Waals surface area contributed by atoms with E-state index in [9.17, 15) is 13.2 Å². The average Bonchev–Trinajstić information content (AvgIpc) is 2.16. The lowest BCUT2D eigenvalue weighted by atomic mass is 10.2. The van der Waals surface area contributed by atoms with E-state index >= 15 is 0 Å². The molecule has 82 valence electrons. The van der Waals surface area contributed by atoms with Gasteiger partial charge in [0.1, 0.15) is 5.88 Å². The molecule has 1 aromatic carbocycles. The van der Waals surface area contributed by atoms with Gasteiger partial charge in [0, 0.05) is 0 Å². The lowest BCUT2D eigenvalue weighted by Crippen LogP contribution is -2.33. The van der Waals surface area contributed by atoms with E-state index in [-0.39, 0.29) is 4.90 Å². The Morgan fingerprint density at radius 2 is 1.87 bits per heavy atom. The summed E-state index contributed by atoms with van der Waals surface area (Å²) in [5, 5.41) is 2.05. The third-order valence-corrected chi connectivity index (χ3v) is 3.33. The zero-order chi connectivity index (χ0) is 11.5. The minimum Gasteiger partial charge on any atom is -0.352 e. The third-order valence-electron chi connectivity index (χ3n) is 1.82. The quantitative estimate of drug-likeness (QED) is 0.784. The minimum atomic E-state index is -3.48. The van der Waals surface area contributed by atoms with Gasteiger partial charge < -0.3 is 11.1 Å². The predicted octanol–water partition coefficient (Wildman–Crippen LogP) is 0.395. The van der Waals surface area contributed by atoms with Crippen molar-refractivity contribution in [3.63, 3.8) is 0 Å². The Morgan fingerprint density at radius 1 is 1.33 bits per heavy atom. The van der Waals surface area contributed by atoms with Crippen molar-refractivity contribution in [3.05, 3.63) is 29.8 Å². The van der Waals surface area contributed by atoms with Crippen molar-refractivity contribution in [3.8, 4) is 0 Å². The van der Waals surface area contributed by atoms with Crippen molar-refractivity contribution in [1.29, 1.82) is 0 Å². The van der Waals surface area contributed by atoms with Crippen LogP contribution in [0.3, 0.4) is 0 Å². The monoisotopic (exact) mass is 228 g/mol. The first-order valence-electron chi connectivity index (χ1n) is 4.24. The lowest BCUT2D eigenvalue weighted by Gasteiger charge is -2.04. The summed E-state index contributed by atoms with van der Waals surface area (Å²) >= 11 is 0. The van der Waals surface area contributed by atoms with E-state index in [1.165, 1.54) is 12.1 Å². The highest BCUT2D eigenvalue weighted by Gasteiger charge is 2.14. The van der Waals surface area contributed by atoms with Crippen LogP contribution in [0, 0.1) is 6.92 Å².